The summed E-state index contributed by atoms with van der Waals surface area (Å²) in [7, 11) is 1.51. The lowest BCUT2D eigenvalue weighted by Gasteiger charge is -2.30. The maximum atomic E-state index is 12.9. The predicted octanol–water partition coefficient (Wildman–Crippen LogP) is 3.28. The number of anilines is 4. The van der Waals surface area contributed by atoms with Crippen LogP contribution >= 0.6 is 0 Å². The molecule has 2 amide bonds. The third-order valence-corrected chi connectivity index (χ3v) is 6.27. The van der Waals surface area contributed by atoms with E-state index in [1.165, 1.54) is 7.11 Å². The lowest BCUT2D eigenvalue weighted by Crippen LogP contribution is -2.38. The van der Waals surface area contributed by atoms with E-state index in [1.54, 1.807) is 29.2 Å². The summed E-state index contributed by atoms with van der Waals surface area (Å²) in [6, 6.07) is 14.3. The smallest absolute Gasteiger partial charge is 0.326 e. The molecule has 4 N–H and O–H groups in total. The molecular weight excluding hydrogens is 502 g/mol. The van der Waals surface area contributed by atoms with Crippen LogP contribution in [-0.2, 0) is 11.3 Å². The van der Waals surface area contributed by atoms with E-state index < -0.39 is 12.0 Å². The van der Waals surface area contributed by atoms with Crippen LogP contribution in [0.4, 0.5) is 28.3 Å². The van der Waals surface area contributed by atoms with Crippen molar-refractivity contribution in [3.63, 3.8) is 0 Å². The molecule has 1 aliphatic heterocycles. The number of carboxylic acid groups (broad SMARTS) is 1. The Morgan fingerprint density at radius 3 is 2.56 bits per heavy atom. The maximum Gasteiger partial charge on any atom is 0.326 e. The highest BCUT2D eigenvalue weighted by molar-refractivity contribution is 5.99. The number of nitrogens with one attached hydrogen (secondary N) is 2. The summed E-state index contributed by atoms with van der Waals surface area (Å²) in [4.78, 5) is 41.6. The highest BCUT2D eigenvalue weighted by Crippen LogP contribution is 2.25. The van der Waals surface area contributed by atoms with Crippen LogP contribution in [0.15, 0.2) is 48.5 Å². The average molecular weight is 536 g/mol. The second kappa shape index (κ2) is 12.9. The van der Waals surface area contributed by atoms with E-state index in [9.17, 15) is 19.8 Å². The summed E-state index contributed by atoms with van der Waals surface area (Å²) >= 11 is 0. The van der Waals surface area contributed by atoms with Gasteiger partial charge in [0.1, 0.15) is 5.75 Å². The second-order valence-corrected chi connectivity index (χ2v) is 9.31. The van der Waals surface area contributed by atoms with Crippen molar-refractivity contribution in [3.8, 4) is 5.75 Å². The number of piperidine rings is 1. The van der Waals surface area contributed by atoms with Crippen molar-refractivity contribution in [3.05, 3.63) is 59.7 Å². The number of aryl methyl sites for hydroxylation is 1. The Kier molecular flexibility index (Phi) is 9.10. The molecule has 0 bridgehead atoms. The Balaban J connectivity index is 1.65. The number of carboxylic acids is 1. The van der Waals surface area contributed by atoms with E-state index in [4.69, 9.17) is 4.74 Å². The van der Waals surface area contributed by atoms with Gasteiger partial charge in [0.25, 0.3) is 0 Å². The quantitative estimate of drug-likeness (QED) is 0.304. The third kappa shape index (κ3) is 7.77. The number of urea groups is 1. The van der Waals surface area contributed by atoms with Gasteiger partial charge in [-0.3, -0.25) is 10.1 Å². The molecule has 12 heteroatoms. The van der Waals surface area contributed by atoms with Crippen LogP contribution in [0.25, 0.3) is 0 Å². The van der Waals surface area contributed by atoms with Crippen molar-refractivity contribution in [2.45, 2.75) is 38.8 Å². The normalized spacial score (nSPS) is 13.6. The number of rotatable bonds is 10. The summed E-state index contributed by atoms with van der Waals surface area (Å²) in [5.41, 5.74) is 2.51. The van der Waals surface area contributed by atoms with Gasteiger partial charge < -0.3 is 30.1 Å². The van der Waals surface area contributed by atoms with Gasteiger partial charge in [-0.15, -0.1) is 0 Å². The zero-order valence-corrected chi connectivity index (χ0v) is 22.0. The number of aliphatic hydroxyl groups excluding tert-OH is 1. The monoisotopic (exact) mass is 535 g/mol. The number of aliphatic hydroxyl groups is 1. The number of ether oxygens (including phenoxy) is 1. The van der Waals surface area contributed by atoms with Crippen LogP contribution in [0.2, 0.25) is 0 Å². The number of aromatic nitrogens is 3. The summed E-state index contributed by atoms with van der Waals surface area (Å²) in [6.45, 7) is 3.57. The van der Waals surface area contributed by atoms with Gasteiger partial charge in [0.05, 0.1) is 25.3 Å². The van der Waals surface area contributed by atoms with Crippen molar-refractivity contribution in [1.29, 1.82) is 0 Å². The van der Waals surface area contributed by atoms with E-state index in [0.717, 1.165) is 11.1 Å². The molecule has 39 heavy (non-hydrogen) atoms. The van der Waals surface area contributed by atoms with E-state index in [1.807, 2.05) is 36.1 Å². The van der Waals surface area contributed by atoms with Crippen LogP contribution < -0.4 is 25.2 Å². The average Bonchev–Trinajstić information content (AvgIpc) is 2.91. The number of carbonyl (C=O) groups is 2. The van der Waals surface area contributed by atoms with Gasteiger partial charge in [0, 0.05) is 26.2 Å². The first-order chi connectivity index (χ1) is 18.8. The zero-order chi connectivity index (χ0) is 27.8. The molecule has 0 unspecified atom stereocenters. The Morgan fingerprint density at radius 2 is 1.85 bits per heavy atom. The number of methoxy groups -OCH3 is 1. The van der Waals surface area contributed by atoms with E-state index in [-0.39, 0.29) is 31.0 Å². The number of hydrogen-bond acceptors (Lipinski definition) is 9. The Morgan fingerprint density at radius 1 is 1.08 bits per heavy atom. The van der Waals surface area contributed by atoms with Crippen molar-refractivity contribution in [1.82, 2.24) is 15.0 Å². The fourth-order valence-electron chi connectivity index (χ4n) is 4.27. The van der Waals surface area contributed by atoms with Crippen molar-refractivity contribution >= 4 is 35.5 Å². The molecule has 1 saturated heterocycles. The predicted molar refractivity (Wildman–Crippen MR) is 147 cm³/mol. The molecule has 2 heterocycles. The Hall–Kier alpha value is -4.45. The fraction of sp³-hybridized carbons (Fsp3) is 0.370. The number of carbonyl (C=O) groups excluding carboxylic acids is 1. The lowest BCUT2D eigenvalue weighted by atomic mass is 10.1. The molecular formula is C27H33N7O5. The van der Waals surface area contributed by atoms with E-state index in [0.29, 0.717) is 49.9 Å². The van der Waals surface area contributed by atoms with Gasteiger partial charge >= 0.3 is 12.0 Å². The fourth-order valence-corrected chi connectivity index (χ4v) is 4.27. The van der Waals surface area contributed by atoms with Crippen molar-refractivity contribution in [2.75, 3.05) is 47.2 Å². The molecule has 206 valence electrons. The van der Waals surface area contributed by atoms with Gasteiger partial charge in [-0.25, -0.2) is 4.79 Å². The number of amides is 2. The number of aliphatic carboxylic acids is 1. The van der Waals surface area contributed by atoms with E-state index >= 15 is 0 Å². The molecule has 0 saturated carbocycles. The first-order valence-electron chi connectivity index (χ1n) is 12.7. The first kappa shape index (κ1) is 27.6. The van der Waals surface area contributed by atoms with Gasteiger partial charge in [-0.2, -0.15) is 15.0 Å². The minimum Gasteiger partial charge on any atom is -0.495 e. The highest BCUT2D eigenvalue weighted by Gasteiger charge is 2.23. The maximum absolute atomic E-state index is 12.9. The van der Waals surface area contributed by atoms with Gasteiger partial charge in [0.2, 0.25) is 17.8 Å². The van der Waals surface area contributed by atoms with Crippen LogP contribution in [0.1, 0.15) is 30.4 Å². The van der Waals surface area contributed by atoms with E-state index in [2.05, 4.69) is 25.6 Å². The van der Waals surface area contributed by atoms with Crippen LogP contribution in [0.3, 0.4) is 0 Å². The summed E-state index contributed by atoms with van der Waals surface area (Å²) in [5.74, 6) is 0.135. The molecule has 0 aliphatic carbocycles. The Bertz CT molecular complexity index is 1300. The number of para-hydroxylation sites is 2. The molecule has 0 spiro atoms. The molecule has 1 aromatic heterocycles. The minimum absolute atomic E-state index is 0.0121. The molecule has 12 nitrogen and oxygen atoms in total. The summed E-state index contributed by atoms with van der Waals surface area (Å²) in [6.07, 6.45) is 0.605. The molecule has 4 rings (SSSR count). The van der Waals surface area contributed by atoms with Gasteiger partial charge in [0.15, 0.2) is 0 Å². The van der Waals surface area contributed by atoms with Crippen LogP contribution in [0.5, 0.6) is 5.75 Å². The van der Waals surface area contributed by atoms with Gasteiger partial charge in [-0.05, 0) is 37.5 Å². The second-order valence-electron chi connectivity index (χ2n) is 9.31. The highest BCUT2D eigenvalue weighted by atomic mass is 16.5. The molecule has 0 radical (unpaired) electrons. The van der Waals surface area contributed by atoms with Crippen LogP contribution in [0, 0.1) is 6.92 Å². The topological polar surface area (TPSA) is 153 Å². The molecule has 0 atom stereocenters. The SMILES string of the molecule is COc1ccccc1NC(=O)Nc1nc(N2CCC(O)CC2)nc(N(CCC(=O)O)Cc2cccc(C)c2)n1. The molecule has 1 aliphatic rings. The molecule has 1 fully saturated rings. The first-order valence-corrected chi connectivity index (χ1v) is 12.7. The largest absolute Gasteiger partial charge is 0.495 e. The minimum atomic E-state index is -0.946. The number of hydrogen-bond donors (Lipinski definition) is 4. The molecule has 3 aromatic rings. The van der Waals surface area contributed by atoms with Gasteiger partial charge in [-0.1, -0.05) is 42.0 Å². The number of benzene rings is 2. The lowest BCUT2D eigenvalue weighted by molar-refractivity contribution is -0.136. The third-order valence-electron chi connectivity index (χ3n) is 6.27. The van der Waals surface area contributed by atoms with Crippen LogP contribution in [-0.4, -0.2) is 70.0 Å². The standard InChI is InChI=1S/C27H33N7O5/c1-18-6-5-7-19(16-18)17-34(15-12-23(36)37)26-30-24(29-25(32-26)33-13-10-20(35)11-14-33)31-27(38)28-21-8-3-4-9-22(21)39-2/h3-9,16,20,35H,10-15,17H2,1-2H3,(H,36,37)(H2,28,29,30,31,32,38). The van der Waals surface area contributed by atoms with Crippen molar-refractivity contribution in [2.24, 2.45) is 0 Å². The van der Waals surface area contributed by atoms with Crippen molar-refractivity contribution < 1.29 is 24.5 Å². The molecule has 2 aromatic carbocycles. The summed E-state index contributed by atoms with van der Waals surface area (Å²) < 4.78 is 5.30. The summed E-state index contributed by atoms with van der Waals surface area (Å²) in [5, 5.41) is 24.7. The zero-order valence-electron chi connectivity index (χ0n) is 22.0. The number of nitrogens with zero attached hydrogens (tertiary/aromatic N) is 5. The Labute approximate surface area is 226 Å².